The van der Waals surface area contributed by atoms with Crippen molar-refractivity contribution in [3.63, 3.8) is 0 Å². The molecule has 20 heavy (non-hydrogen) atoms. The molecule has 1 aromatic rings. The van der Waals surface area contributed by atoms with E-state index in [9.17, 15) is 8.42 Å². The molecule has 0 aliphatic carbocycles. The third kappa shape index (κ3) is 2.87. The summed E-state index contributed by atoms with van der Waals surface area (Å²) >= 11 is 0. The van der Waals surface area contributed by atoms with E-state index in [0.29, 0.717) is 42.3 Å². The first-order valence-corrected chi connectivity index (χ1v) is 7.93. The van der Waals surface area contributed by atoms with E-state index in [2.05, 4.69) is 0 Å². The average Bonchev–Trinajstić information content (AvgIpc) is 2.42. The number of nitrogens with zero attached hydrogens (tertiary/aromatic N) is 1. The molecule has 0 unspecified atom stereocenters. The van der Waals surface area contributed by atoms with E-state index >= 15 is 0 Å². The molecule has 0 spiro atoms. The van der Waals surface area contributed by atoms with Crippen LogP contribution in [0.25, 0.3) is 0 Å². The summed E-state index contributed by atoms with van der Waals surface area (Å²) in [7, 11) is -1.85. The molecule has 1 aromatic carbocycles. The molecule has 1 aliphatic rings. The van der Waals surface area contributed by atoms with Gasteiger partial charge in [-0.15, -0.1) is 0 Å². The zero-order valence-electron chi connectivity index (χ0n) is 11.8. The van der Waals surface area contributed by atoms with Crippen LogP contribution in [0.5, 0.6) is 0 Å². The highest BCUT2D eigenvalue weighted by atomic mass is 32.2. The molecular formula is C14H20N2O3S. The number of hydrogen-bond donors (Lipinski definition) is 1. The maximum Gasteiger partial charge on any atom is 0.243 e. The van der Waals surface area contributed by atoms with Crippen LogP contribution in [-0.2, 0) is 14.8 Å². The molecule has 0 amide bonds. The zero-order chi connectivity index (χ0) is 14.8. The van der Waals surface area contributed by atoms with Gasteiger partial charge in [-0.2, -0.15) is 4.31 Å². The molecule has 5 nitrogen and oxygen atoms in total. The number of methoxy groups -OCH3 is 1. The van der Waals surface area contributed by atoms with E-state index in [0.717, 1.165) is 5.57 Å². The molecule has 0 saturated heterocycles. The van der Waals surface area contributed by atoms with Crippen LogP contribution in [0.4, 0.5) is 5.69 Å². The van der Waals surface area contributed by atoms with E-state index in [-0.39, 0.29) is 0 Å². The Morgan fingerprint density at radius 2 is 2.15 bits per heavy atom. The zero-order valence-corrected chi connectivity index (χ0v) is 12.6. The second-order valence-electron chi connectivity index (χ2n) is 4.88. The van der Waals surface area contributed by atoms with Crippen molar-refractivity contribution in [2.24, 2.45) is 0 Å². The summed E-state index contributed by atoms with van der Waals surface area (Å²) in [6.45, 7) is 3.16. The lowest BCUT2D eigenvalue weighted by molar-refractivity contribution is 0.219. The summed E-state index contributed by atoms with van der Waals surface area (Å²) < 4.78 is 31.8. The van der Waals surface area contributed by atoms with Crippen molar-refractivity contribution in [2.45, 2.75) is 18.2 Å². The van der Waals surface area contributed by atoms with Gasteiger partial charge < -0.3 is 10.5 Å². The summed E-state index contributed by atoms with van der Waals surface area (Å²) in [5.74, 6) is 0. The van der Waals surface area contributed by atoms with Crippen molar-refractivity contribution in [3.05, 3.63) is 35.4 Å². The Labute approximate surface area is 120 Å². The van der Waals surface area contributed by atoms with Gasteiger partial charge in [0.2, 0.25) is 10.0 Å². The molecule has 110 valence electrons. The minimum absolute atomic E-state index is 0.293. The standard InChI is InChI=1S/C14H20N2O3S/c1-11-13(15)4-3-5-14(11)20(17,18)16-8-6-12(7-9-16)10-19-2/h3-6H,7-10,15H2,1-2H3. The first-order valence-electron chi connectivity index (χ1n) is 6.49. The molecule has 2 N–H and O–H groups in total. The maximum absolute atomic E-state index is 12.6. The first kappa shape index (κ1) is 15.0. The van der Waals surface area contributed by atoms with Gasteiger partial charge in [-0.05, 0) is 36.6 Å². The molecule has 0 saturated carbocycles. The highest BCUT2D eigenvalue weighted by Crippen LogP contribution is 2.25. The van der Waals surface area contributed by atoms with Crippen LogP contribution in [0.1, 0.15) is 12.0 Å². The molecule has 2 rings (SSSR count). The van der Waals surface area contributed by atoms with Crippen molar-refractivity contribution in [1.29, 1.82) is 0 Å². The molecule has 0 bridgehead atoms. The summed E-state index contributed by atoms with van der Waals surface area (Å²) in [6, 6.07) is 4.99. The first-order chi connectivity index (χ1) is 9.46. The maximum atomic E-state index is 12.6. The van der Waals surface area contributed by atoms with Gasteiger partial charge in [-0.1, -0.05) is 12.1 Å². The lowest BCUT2D eigenvalue weighted by Crippen LogP contribution is -2.35. The largest absolute Gasteiger partial charge is 0.398 e. The lowest BCUT2D eigenvalue weighted by Gasteiger charge is -2.26. The van der Waals surface area contributed by atoms with E-state index in [1.165, 1.54) is 4.31 Å². The lowest BCUT2D eigenvalue weighted by atomic mass is 10.1. The summed E-state index contributed by atoms with van der Waals surface area (Å²) in [5.41, 5.74) is 8.05. The fourth-order valence-corrected chi connectivity index (χ4v) is 3.91. The molecular weight excluding hydrogens is 276 g/mol. The number of ether oxygens (including phenoxy) is 1. The van der Waals surface area contributed by atoms with Crippen molar-refractivity contribution in [1.82, 2.24) is 4.31 Å². The second-order valence-corrected chi connectivity index (χ2v) is 6.79. The van der Waals surface area contributed by atoms with E-state index in [1.54, 1.807) is 32.2 Å². The van der Waals surface area contributed by atoms with E-state index < -0.39 is 10.0 Å². The van der Waals surface area contributed by atoms with Gasteiger partial charge in [0.1, 0.15) is 0 Å². The number of hydrogen-bond acceptors (Lipinski definition) is 4. The van der Waals surface area contributed by atoms with Gasteiger partial charge in [-0.3, -0.25) is 0 Å². The Morgan fingerprint density at radius 3 is 2.75 bits per heavy atom. The van der Waals surface area contributed by atoms with Gasteiger partial charge >= 0.3 is 0 Å². The average molecular weight is 296 g/mol. The number of benzene rings is 1. The predicted molar refractivity (Wildman–Crippen MR) is 78.9 cm³/mol. The molecule has 0 atom stereocenters. The van der Waals surface area contributed by atoms with Gasteiger partial charge in [0, 0.05) is 25.9 Å². The third-order valence-corrected chi connectivity index (χ3v) is 5.55. The topological polar surface area (TPSA) is 72.6 Å². The van der Waals surface area contributed by atoms with Crippen LogP contribution in [0.2, 0.25) is 0 Å². The van der Waals surface area contributed by atoms with Gasteiger partial charge in [0.15, 0.2) is 0 Å². The molecule has 0 fully saturated rings. The smallest absolute Gasteiger partial charge is 0.243 e. The van der Waals surface area contributed by atoms with Crippen molar-refractivity contribution >= 4 is 15.7 Å². The molecule has 0 aromatic heterocycles. The minimum atomic E-state index is -3.49. The Morgan fingerprint density at radius 1 is 1.40 bits per heavy atom. The Kier molecular flexibility index (Phi) is 4.47. The van der Waals surface area contributed by atoms with Crippen molar-refractivity contribution in [3.8, 4) is 0 Å². The Bertz CT molecular complexity index is 623. The van der Waals surface area contributed by atoms with Crippen LogP contribution < -0.4 is 5.73 Å². The second kappa shape index (κ2) is 5.95. The number of nitrogens with two attached hydrogens (primary N) is 1. The fourth-order valence-electron chi connectivity index (χ4n) is 2.28. The highest BCUT2D eigenvalue weighted by molar-refractivity contribution is 7.89. The molecule has 1 heterocycles. The van der Waals surface area contributed by atoms with Crippen LogP contribution in [0.3, 0.4) is 0 Å². The van der Waals surface area contributed by atoms with Gasteiger partial charge in [-0.25, -0.2) is 8.42 Å². The van der Waals surface area contributed by atoms with E-state index in [4.69, 9.17) is 10.5 Å². The molecule has 0 radical (unpaired) electrons. The van der Waals surface area contributed by atoms with Crippen LogP contribution in [0.15, 0.2) is 34.7 Å². The summed E-state index contributed by atoms with van der Waals surface area (Å²) in [5, 5.41) is 0. The van der Waals surface area contributed by atoms with Crippen LogP contribution in [0, 0.1) is 6.92 Å². The fraction of sp³-hybridized carbons (Fsp3) is 0.429. The summed E-state index contributed by atoms with van der Waals surface area (Å²) in [6.07, 6.45) is 2.63. The predicted octanol–water partition coefficient (Wildman–Crippen LogP) is 1.54. The van der Waals surface area contributed by atoms with Crippen molar-refractivity contribution < 1.29 is 13.2 Å². The Balaban J connectivity index is 2.26. The quantitative estimate of drug-likeness (QED) is 0.676. The monoisotopic (exact) mass is 296 g/mol. The Hall–Kier alpha value is -1.37. The number of sulfonamides is 1. The van der Waals surface area contributed by atoms with Crippen LogP contribution >= 0.6 is 0 Å². The SMILES string of the molecule is COCC1=CCN(S(=O)(=O)c2cccc(N)c2C)CC1. The van der Waals surface area contributed by atoms with Gasteiger partial charge in [0.25, 0.3) is 0 Å². The molecule has 1 aliphatic heterocycles. The number of rotatable bonds is 4. The van der Waals surface area contributed by atoms with Crippen molar-refractivity contribution in [2.75, 3.05) is 32.5 Å². The highest BCUT2D eigenvalue weighted by Gasteiger charge is 2.27. The van der Waals surface area contributed by atoms with E-state index in [1.807, 2.05) is 6.08 Å². The number of nitrogen functional groups attached to an aromatic ring is 1. The summed E-state index contributed by atoms with van der Waals surface area (Å²) in [4.78, 5) is 0.293. The van der Waals surface area contributed by atoms with Crippen LogP contribution in [-0.4, -0.2) is 39.5 Å². The normalized spacial score (nSPS) is 17.0. The third-order valence-electron chi connectivity index (χ3n) is 3.54. The number of anilines is 1. The molecule has 6 heteroatoms. The minimum Gasteiger partial charge on any atom is -0.398 e. The van der Waals surface area contributed by atoms with Gasteiger partial charge in [0.05, 0.1) is 11.5 Å².